The molecule has 230 valence electrons. The van der Waals surface area contributed by atoms with Crippen molar-refractivity contribution in [3.8, 4) is 0 Å². The van der Waals surface area contributed by atoms with Crippen molar-refractivity contribution >= 4 is 11.9 Å². The number of carboxylic acids is 1. The van der Waals surface area contributed by atoms with Gasteiger partial charge in [0.2, 0.25) is 0 Å². The zero-order valence-electron chi connectivity index (χ0n) is 25.3. The van der Waals surface area contributed by atoms with E-state index in [1.165, 1.54) is 77.0 Å². The third-order valence-electron chi connectivity index (χ3n) is 7.47. The number of ether oxygens (including phenoxy) is 1. The Hall–Kier alpha value is -1.40. The van der Waals surface area contributed by atoms with Gasteiger partial charge >= 0.3 is 11.9 Å². The van der Waals surface area contributed by atoms with Crippen molar-refractivity contribution in [2.45, 2.75) is 167 Å². The van der Waals surface area contributed by atoms with Gasteiger partial charge in [0.15, 0.2) is 0 Å². The van der Waals surface area contributed by atoms with E-state index in [4.69, 9.17) is 14.9 Å². The quantitative estimate of drug-likeness (QED) is 0.0467. The van der Waals surface area contributed by atoms with Crippen LogP contribution in [0.15, 0.2) is 12.2 Å². The Balaban J connectivity index is 3.87. The lowest BCUT2D eigenvalue weighted by atomic mass is 9.94. The second kappa shape index (κ2) is 29.6. The molecule has 0 aliphatic rings. The number of carbonyl (C=O) groups excluding carboxylic acids is 1. The Morgan fingerprint density at radius 3 is 1.56 bits per heavy atom. The first-order valence-electron chi connectivity index (χ1n) is 16.3. The summed E-state index contributed by atoms with van der Waals surface area (Å²) in [6.45, 7) is 1.73. The fraction of sp³-hybridized carbons (Fsp3) is 0.879. The highest BCUT2D eigenvalue weighted by Gasteiger charge is 2.20. The monoisotopic (exact) mass is 554 g/mol. The van der Waals surface area contributed by atoms with Gasteiger partial charge in [-0.3, -0.25) is 9.59 Å². The van der Waals surface area contributed by atoms with E-state index < -0.39 is 12.1 Å². The molecule has 3 N–H and O–H groups in total. The van der Waals surface area contributed by atoms with Gasteiger partial charge < -0.3 is 20.1 Å². The van der Waals surface area contributed by atoms with E-state index in [9.17, 15) is 14.7 Å². The van der Waals surface area contributed by atoms with E-state index in [1.807, 2.05) is 0 Å². The summed E-state index contributed by atoms with van der Waals surface area (Å²) in [5.74, 6) is -0.993. The predicted octanol–water partition coefficient (Wildman–Crippen LogP) is 8.52. The first kappa shape index (κ1) is 37.6. The van der Waals surface area contributed by atoms with Crippen LogP contribution in [-0.4, -0.2) is 46.6 Å². The molecule has 0 aliphatic carbocycles. The maximum atomic E-state index is 12.6. The van der Waals surface area contributed by atoms with Crippen LogP contribution in [0.5, 0.6) is 0 Å². The highest BCUT2D eigenvalue weighted by molar-refractivity contribution is 5.72. The number of carboxylic acid groups (broad SMARTS) is 1. The van der Waals surface area contributed by atoms with Gasteiger partial charge in [0.1, 0.15) is 12.7 Å². The van der Waals surface area contributed by atoms with Crippen LogP contribution in [0, 0.1) is 5.92 Å². The topological polar surface area (TPSA) is 104 Å². The molecular weight excluding hydrogens is 492 g/mol. The van der Waals surface area contributed by atoms with E-state index in [0.29, 0.717) is 6.42 Å². The number of aliphatic hydroxyl groups is 2. The molecule has 6 nitrogen and oxygen atoms in total. The van der Waals surface area contributed by atoms with Crippen LogP contribution < -0.4 is 0 Å². The highest BCUT2D eigenvalue weighted by atomic mass is 16.5. The van der Waals surface area contributed by atoms with Crippen molar-refractivity contribution in [3.05, 3.63) is 12.2 Å². The third-order valence-corrected chi connectivity index (χ3v) is 7.47. The minimum atomic E-state index is -0.991. The first-order valence-corrected chi connectivity index (χ1v) is 16.3. The Labute approximate surface area is 240 Å². The SMILES string of the molecule is CCCCCCCCCCC(CCCCCCCC/C=C\CCCCCCCC(=O)O)C(=O)OCC(O)CO. The smallest absolute Gasteiger partial charge is 0.309 e. The minimum Gasteiger partial charge on any atom is -0.481 e. The molecular formula is C33H62O6. The van der Waals surface area contributed by atoms with Gasteiger partial charge in [-0.2, -0.15) is 0 Å². The molecule has 0 aromatic carbocycles. The van der Waals surface area contributed by atoms with Crippen molar-refractivity contribution < 1.29 is 29.6 Å². The van der Waals surface area contributed by atoms with Crippen LogP contribution in [0.1, 0.15) is 161 Å². The summed E-state index contributed by atoms with van der Waals surface area (Å²) >= 11 is 0. The molecule has 0 fully saturated rings. The van der Waals surface area contributed by atoms with E-state index >= 15 is 0 Å². The molecule has 0 rings (SSSR count). The van der Waals surface area contributed by atoms with Gasteiger partial charge in [-0.15, -0.1) is 0 Å². The average Bonchev–Trinajstić information content (AvgIpc) is 2.93. The normalized spacial score (nSPS) is 13.1. The molecule has 0 saturated heterocycles. The van der Waals surface area contributed by atoms with Gasteiger partial charge in [0, 0.05) is 6.42 Å². The summed E-state index contributed by atoms with van der Waals surface area (Å²) < 4.78 is 5.29. The van der Waals surface area contributed by atoms with Crippen LogP contribution in [0.4, 0.5) is 0 Å². The van der Waals surface area contributed by atoms with Crippen molar-refractivity contribution in [1.82, 2.24) is 0 Å². The highest BCUT2D eigenvalue weighted by Crippen LogP contribution is 2.21. The molecule has 2 atom stereocenters. The van der Waals surface area contributed by atoms with Gasteiger partial charge in [-0.25, -0.2) is 0 Å². The molecule has 2 unspecified atom stereocenters. The second-order valence-electron chi connectivity index (χ2n) is 11.3. The predicted molar refractivity (Wildman–Crippen MR) is 161 cm³/mol. The summed E-state index contributed by atoms with van der Waals surface area (Å²) in [6.07, 6.45) is 30.3. The number of hydrogen-bond donors (Lipinski definition) is 3. The second-order valence-corrected chi connectivity index (χ2v) is 11.3. The first-order chi connectivity index (χ1) is 19.0. The molecule has 0 aliphatic heterocycles. The largest absolute Gasteiger partial charge is 0.481 e. The van der Waals surface area contributed by atoms with Crippen LogP contribution in [0.3, 0.4) is 0 Å². The van der Waals surface area contributed by atoms with Crippen LogP contribution >= 0.6 is 0 Å². The van der Waals surface area contributed by atoms with Crippen molar-refractivity contribution in [1.29, 1.82) is 0 Å². The summed E-state index contributed by atoms with van der Waals surface area (Å²) in [5, 5.41) is 27.1. The summed E-state index contributed by atoms with van der Waals surface area (Å²) in [6, 6.07) is 0. The Kier molecular flexibility index (Phi) is 28.5. The molecule has 0 spiro atoms. The van der Waals surface area contributed by atoms with Gasteiger partial charge in [0.05, 0.1) is 12.5 Å². The third kappa shape index (κ3) is 27.9. The molecule has 0 amide bonds. The summed E-state index contributed by atoms with van der Waals surface area (Å²) in [5.41, 5.74) is 0. The van der Waals surface area contributed by atoms with E-state index in [-0.39, 0.29) is 25.1 Å². The number of aliphatic hydroxyl groups excluding tert-OH is 2. The number of hydrogen-bond acceptors (Lipinski definition) is 5. The average molecular weight is 555 g/mol. The lowest BCUT2D eigenvalue weighted by molar-refractivity contribution is -0.152. The zero-order valence-corrected chi connectivity index (χ0v) is 25.3. The fourth-order valence-corrected chi connectivity index (χ4v) is 4.92. The van der Waals surface area contributed by atoms with Gasteiger partial charge in [0.25, 0.3) is 0 Å². The van der Waals surface area contributed by atoms with Crippen LogP contribution in [0.2, 0.25) is 0 Å². The number of rotatable bonds is 30. The molecule has 0 aromatic heterocycles. The van der Waals surface area contributed by atoms with Crippen molar-refractivity contribution in [3.63, 3.8) is 0 Å². The van der Waals surface area contributed by atoms with Crippen LogP contribution in [0.25, 0.3) is 0 Å². The fourth-order valence-electron chi connectivity index (χ4n) is 4.92. The lowest BCUT2D eigenvalue weighted by Crippen LogP contribution is -2.25. The number of esters is 1. The van der Waals surface area contributed by atoms with E-state index in [0.717, 1.165) is 70.6 Å². The maximum absolute atomic E-state index is 12.6. The molecule has 0 saturated carbocycles. The summed E-state index contributed by atoms with van der Waals surface area (Å²) in [4.78, 5) is 23.1. The number of allylic oxidation sites excluding steroid dienone is 2. The van der Waals surface area contributed by atoms with Gasteiger partial charge in [-0.1, -0.05) is 122 Å². The zero-order chi connectivity index (χ0) is 28.8. The molecule has 0 bridgehead atoms. The molecule has 0 radical (unpaired) electrons. The standard InChI is InChI=1S/C33H62O6/c1-2-3-4-5-6-16-19-22-25-30(33(38)39-29-31(35)28-34)26-23-20-17-14-12-10-8-7-9-11-13-15-18-21-24-27-32(36)37/h7,9,30-31,34-35H,2-6,8,10-29H2,1H3,(H,36,37)/b9-7-. The maximum Gasteiger partial charge on any atom is 0.309 e. The number of aliphatic carboxylic acids is 1. The van der Waals surface area contributed by atoms with Gasteiger partial charge in [-0.05, 0) is 44.9 Å². The van der Waals surface area contributed by atoms with Crippen molar-refractivity contribution in [2.75, 3.05) is 13.2 Å². The Morgan fingerprint density at radius 1 is 0.667 bits per heavy atom. The lowest BCUT2D eigenvalue weighted by Gasteiger charge is -2.17. The molecule has 6 heteroatoms. The Bertz CT molecular complexity index is 577. The van der Waals surface area contributed by atoms with E-state index in [2.05, 4.69) is 19.1 Å². The summed E-state index contributed by atoms with van der Waals surface area (Å²) in [7, 11) is 0. The number of unbranched alkanes of at least 4 members (excludes halogenated alkanes) is 18. The molecule has 0 heterocycles. The Morgan fingerprint density at radius 2 is 1.10 bits per heavy atom. The van der Waals surface area contributed by atoms with E-state index in [1.54, 1.807) is 0 Å². The van der Waals surface area contributed by atoms with Crippen molar-refractivity contribution in [2.24, 2.45) is 5.92 Å². The molecule has 39 heavy (non-hydrogen) atoms. The minimum absolute atomic E-state index is 0.0918. The molecule has 0 aromatic rings. The number of carbonyl (C=O) groups is 2. The van der Waals surface area contributed by atoms with Crippen LogP contribution in [-0.2, 0) is 14.3 Å².